The number of anilines is 2. The second-order valence-corrected chi connectivity index (χ2v) is 6.91. The Hall–Kier alpha value is -4.21. The fourth-order valence-corrected chi connectivity index (χ4v) is 3.14. The van der Waals surface area contributed by atoms with Crippen molar-refractivity contribution in [3.8, 4) is 0 Å². The van der Waals surface area contributed by atoms with E-state index in [1.54, 1.807) is 43.4 Å². The minimum absolute atomic E-state index is 0.0950. The van der Waals surface area contributed by atoms with Crippen LogP contribution in [-0.4, -0.2) is 60.0 Å². The van der Waals surface area contributed by atoms with Gasteiger partial charge in [-0.25, -0.2) is 0 Å². The van der Waals surface area contributed by atoms with Gasteiger partial charge in [0, 0.05) is 24.8 Å². The number of nitrogens with one attached hydrogen (secondary N) is 1. The molecule has 1 aliphatic heterocycles. The highest BCUT2D eigenvalue weighted by molar-refractivity contribution is 6.11. The first-order valence-electron chi connectivity index (χ1n) is 9.36. The Balaban J connectivity index is 1.85. The molecule has 0 unspecified atom stereocenters. The van der Waals surface area contributed by atoms with Crippen molar-refractivity contribution >= 4 is 41.3 Å². The molecule has 31 heavy (non-hydrogen) atoms. The lowest BCUT2D eigenvalue weighted by Gasteiger charge is -2.19. The number of carbonyl (C=O) groups is 4. The smallest absolute Gasteiger partial charge is 0.305 e. The van der Waals surface area contributed by atoms with E-state index in [1.807, 2.05) is 0 Å². The van der Waals surface area contributed by atoms with Gasteiger partial charge in [0.15, 0.2) is 0 Å². The number of carboxylic acids is 1. The Kier molecular flexibility index (Phi) is 6.29. The Morgan fingerprint density at radius 3 is 2.55 bits per heavy atom. The summed E-state index contributed by atoms with van der Waals surface area (Å²) in [5, 5.41) is 15.1. The summed E-state index contributed by atoms with van der Waals surface area (Å²) in [6.45, 7) is -0.320. The number of hydrogen-bond donors (Lipinski definition) is 3. The van der Waals surface area contributed by atoms with Crippen LogP contribution < -0.4 is 16.1 Å². The Morgan fingerprint density at radius 2 is 1.90 bits per heavy atom. The van der Waals surface area contributed by atoms with E-state index in [-0.39, 0.29) is 36.9 Å². The lowest BCUT2D eigenvalue weighted by Crippen LogP contribution is -2.38. The number of benzene rings is 2. The van der Waals surface area contributed by atoms with Gasteiger partial charge in [-0.3, -0.25) is 19.2 Å². The molecule has 1 heterocycles. The highest BCUT2D eigenvalue weighted by Crippen LogP contribution is 2.28. The predicted molar refractivity (Wildman–Crippen MR) is 114 cm³/mol. The van der Waals surface area contributed by atoms with E-state index in [0.717, 1.165) is 5.56 Å². The summed E-state index contributed by atoms with van der Waals surface area (Å²) in [6, 6.07) is 11.2. The van der Waals surface area contributed by atoms with Gasteiger partial charge in [-0.1, -0.05) is 12.1 Å². The molecule has 3 amide bonds. The fraction of sp³-hybridized carbons (Fsp3) is 0.190. The third-order valence-corrected chi connectivity index (χ3v) is 4.83. The Labute approximate surface area is 177 Å². The van der Waals surface area contributed by atoms with Gasteiger partial charge in [0.05, 0.1) is 23.9 Å². The van der Waals surface area contributed by atoms with Crippen LogP contribution in [0.1, 0.15) is 32.7 Å². The van der Waals surface area contributed by atoms with Crippen LogP contribution >= 0.6 is 0 Å². The van der Waals surface area contributed by atoms with Gasteiger partial charge >= 0.3 is 5.97 Å². The van der Waals surface area contributed by atoms with E-state index in [4.69, 9.17) is 10.9 Å². The lowest BCUT2D eigenvalue weighted by atomic mass is 10.1. The zero-order chi connectivity index (χ0) is 22.5. The van der Waals surface area contributed by atoms with Crippen molar-refractivity contribution in [1.29, 1.82) is 0 Å². The van der Waals surface area contributed by atoms with E-state index in [2.05, 4.69) is 10.4 Å². The number of nitrogens with two attached hydrogens (primary N) is 1. The maximum absolute atomic E-state index is 13.0. The van der Waals surface area contributed by atoms with Crippen LogP contribution in [0, 0.1) is 0 Å². The molecule has 1 aliphatic rings. The number of fused-ring (bicyclic) bond motifs is 1. The van der Waals surface area contributed by atoms with Crippen molar-refractivity contribution in [2.75, 3.05) is 30.4 Å². The second kappa shape index (κ2) is 9.08. The van der Waals surface area contributed by atoms with E-state index >= 15 is 0 Å². The summed E-state index contributed by atoms with van der Waals surface area (Å²) in [6.07, 6.45) is 1.17. The van der Waals surface area contributed by atoms with E-state index in [1.165, 1.54) is 22.1 Å². The number of amides is 3. The number of hydrogen-bond acceptors (Lipinski definition) is 6. The van der Waals surface area contributed by atoms with Crippen LogP contribution in [0.15, 0.2) is 47.6 Å². The van der Waals surface area contributed by atoms with Crippen LogP contribution in [-0.2, 0) is 9.59 Å². The largest absolute Gasteiger partial charge is 0.481 e. The summed E-state index contributed by atoms with van der Waals surface area (Å²) in [5.74, 6) is 2.84. The molecule has 160 valence electrons. The van der Waals surface area contributed by atoms with Crippen LogP contribution in [0.5, 0.6) is 0 Å². The highest BCUT2D eigenvalue weighted by Gasteiger charge is 2.30. The van der Waals surface area contributed by atoms with Crippen molar-refractivity contribution in [3.63, 3.8) is 0 Å². The summed E-state index contributed by atoms with van der Waals surface area (Å²) in [7, 11) is 1.54. The van der Waals surface area contributed by atoms with Crippen LogP contribution in [0.25, 0.3) is 0 Å². The Morgan fingerprint density at radius 1 is 1.19 bits per heavy atom. The van der Waals surface area contributed by atoms with Gasteiger partial charge in [-0.2, -0.15) is 5.10 Å². The minimum Gasteiger partial charge on any atom is -0.481 e. The molecule has 3 rings (SSSR count). The molecule has 0 spiro atoms. The molecule has 4 N–H and O–H groups in total. The fourth-order valence-electron chi connectivity index (χ4n) is 3.14. The third kappa shape index (κ3) is 4.86. The molecule has 2 aromatic carbocycles. The number of nitrogens with zero attached hydrogens (tertiary/aromatic N) is 3. The van der Waals surface area contributed by atoms with Crippen molar-refractivity contribution in [3.05, 3.63) is 59.2 Å². The van der Waals surface area contributed by atoms with Crippen molar-refractivity contribution in [2.24, 2.45) is 10.9 Å². The second-order valence-electron chi connectivity index (χ2n) is 6.91. The molecule has 2 aromatic rings. The molecular formula is C21H21N5O5. The van der Waals surface area contributed by atoms with Crippen molar-refractivity contribution < 1.29 is 24.3 Å². The molecular weight excluding hydrogens is 402 g/mol. The third-order valence-electron chi connectivity index (χ3n) is 4.83. The molecule has 0 aliphatic carbocycles. The number of hydrazone groups is 1. The summed E-state index contributed by atoms with van der Waals surface area (Å²) < 4.78 is 0. The van der Waals surface area contributed by atoms with E-state index < -0.39 is 11.9 Å². The molecule has 0 saturated carbocycles. The lowest BCUT2D eigenvalue weighted by molar-refractivity contribution is -0.137. The molecule has 0 bridgehead atoms. The number of carbonyl (C=O) groups excluding carboxylic acids is 3. The van der Waals surface area contributed by atoms with Crippen LogP contribution in [0.4, 0.5) is 11.4 Å². The monoisotopic (exact) mass is 423 g/mol. The number of likely N-dealkylation sites (N-methyl/N-ethyl adjacent to an activating group) is 1. The first kappa shape index (κ1) is 21.5. The standard InChI is InChI=1S/C21H21N5O5/c1-25-17-7-6-15(24-20(30)14-4-2-13(3-5-14)11-23-22)10-16(17)21(31)26(12-18(25)27)9-8-19(28)29/h2-7,10-11H,8-9,12,22H2,1H3,(H,24,30)(H,28,29). The summed E-state index contributed by atoms with van der Waals surface area (Å²) >= 11 is 0. The van der Waals surface area contributed by atoms with Gasteiger partial charge in [-0.15, -0.1) is 0 Å². The van der Waals surface area contributed by atoms with E-state index in [9.17, 15) is 19.2 Å². The SMILES string of the molecule is CN1C(=O)CN(CCC(=O)O)C(=O)c2cc(NC(=O)c3ccc(C=NN)cc3)ccc21. The molecule has 10 nitrogen and oxygen atoms in total. The normalized spacial score (nSPS) is 13.8. The van der Waals surface area contributed by atoms with Gasteiger partial charge < -0.3 is 26.1 Å². The van der Waals surface area contributed by atoms with Crippen LogP contribution in [0.3, 0.4) is 0 Å². The minimum atomic E-state index is -1.07. The first-order chi connectivity index (χ1) is 14.8. The zero-order valence-electron chi connectivity index (χ0n) is 16.7. The average Bonchev–Trinajstić information content (AvgIpc) is 2.83. The van der Waals surface area contributed by atoms with Gasteiger partial charge in [0.1, 0.15) is 6.54 Å². The maximum Gasteiger partial charge on any atom is 0.305 e. The number of aliphatic carboxylic acids is 1. The van der Waals surface area contributed by atoms with Gasteiger partial charge in [-0.05, 0) is 35.9 Å². The predicted octanol–water partition coefficient (Wildman–Crippen LogP) is 1.12. The molecule has 0 saturated heterocycles. The zero-order valence-corrected chi connectivity index (χ0v) is 16.7. The molecule has 0 atom stereocenters. The Bertz CT molecular complexity index is 1060. The summed E-state index contributed by atoms with van der Waals surface area (Å²) in [4.78, 5) is 51.4. The first-order valence-corrected chi connectivity index (χ1v) is 9.36. The van der Waals surface area contributed by atoms with Crippen LogP contribution in [0.2, 0.25) is 0 Å². The maximum atomic E-state index is 13.0. The van der Waals surface area contributed by atoms with Crippen molar-refractivity contribution in [2.45, 2.75) is 6.42 Å². The average molecular weight is 423 g/mol. The highest BCUT2D eigenvalue weighted by atomic mass is 16.4. The molecule has 0 fully saturated rings. The van der Waals surface area contributed by atoms with Gasteiger partial charge in [0.25, 0.3) is 11.8 Å². The molecule has 10 heteroatoms. The van der Waals surface area contributed by atoms with Gasteiger partial charge in [0.2, 0.25) is 5.91 Å². The number of carboxylic acid groups (broad SMARTS) is 1. The summed E-state index contributed by atoms with van der Waals surface area (Å²) in [5.41, 5.74) is 2.09. The van der Waals surface area contributed by atoms with Crippen molar-refractivity contribution in [1.82, 2.24) is 4.90 Å². The number of rotatable bonds is 6. The molecule has 0 aromatic heterocycles. The topological polar surface area (TPSA) is 145 Å². The molecule has 0 radical (unpaired) electrons. The van der Waals surface area contributed by atoms with E-state index in [0.29, 0.717) is 16.9 Å². The quantitative estimate of drug-likeness (QED) is 0.361.